The highest BCUT2D eigenvalue weighted by Crippen LogP contribution is 2.29. The largest absolute Gasteiger partial charge is 0.462 e. The molecule has 0 aliphatic carbocycles. The van der Waals surface area contributed by atoms with E-state index in [0.29, 0.717) is 22.2 Å². The molecule has 24 heavy (non-hydrogen) atoms. The molecule has 1 heterocycles. The summed E-state index contributed by atoms with van der Waals surface area (Å²) in [5.41, 5.74) is -0.196. The van der Waals surface area contributed by atoms with Crippen LogP contribution >= 0.6 is 22.9 Å². The molecule has 0 atom stereocenters. The summed E-state index contributed by atoms with van der Waals surface area (Å²) < 4.78 is 10.5. The number of ether oxygens (including phenoxy) is 2. The number of thiazole rings is 1. The first-order valence-corrected chi connectivity index (χ1v) is 9.31. The van der Waals surface area contributed by atoms with Gasteiger partial charge in [-0.1, -0.05) is 24.7 Å². The van der Waals surface area contributed by atoms with Gasteiger partial charge in [-0.2, -0.15) is 0 Å². The first-order chi connectivity index (χ1) is 11.2. The molecule has 6 nitrogen and oxygen atoms in total. The molecule has 136 valence electrons. The number of amides is 1. The van der Waals surface area contributed by atoms with Gasteiger partial charge in [-0.15, -0.1) is 11.6 Å². The first kappa shape index (κ1) is 20.7. The van der Waals surface area contributed by atoms with Gasteiger partial charge in [-0.05, 0) is 34.1 Å². The second-order valence-corrected chi connectivity index (χ2v) is 7.36. The molecule has 0 fully saturated rings. The van der Waals surface area contributed by atoms with E-state index in [1.165, 1.54) is 4.90 Å². The highest BCUT2D eigenvalue weighted by molar-refractivity contribution is 7.17. The van der Waals surface area contributed by atoms with E-state index in [0.717, 1.165) is 24.2 Å². The van der Waals surface area contributed by atoms with E-state index in [1.54, 1.807) is 27.7 Å². The molecular weight excluding hydrogens is 352 g/mol. The van der Waals surface area contributed by atoms with Crippen LogP contribution in [0.4, 0.5) is 9.93 Å². The summed E-state index contributed by atoms with van der Waals surface area (Å²) in [5.74, 6) is -0.405. The standard InChI is InChI=1S/C16H25ClN2O4S/c1-6-8-9-19(15(21)23-16(3,4)5)14-18-11(10-17)12(24-14)13(20)22-7-2/h6-10H2,1-5H3. The maximum atomic E-state index is 12.5. The second kappa shape index (κ2) is 9.22. The number of hydrogen-bond donors (Lipinski definition) is 0. The highest BCUT2D eigenvalue weighted by atomic mass is 35.5. The zero-order chi connectivity index (χ0) is 18.3. The van der Waals surface area contributed by atoms with Gasteiger partial charge in [0.1, 0.15) is 10.5 Å². The highest BCUT2D eigenvalue weighted by Gasteiger charge is 2.28. The minimum atomic E-state index is -0.613. The van der Waals surface area contributed by atoms with E-state index in [1.807, 2.05) is 6.92 Å². The van der Waals surface area contributed by atoms with Gasteiger partial charge in [0.05, 0.1) is 18.2 Å². The van der Waals surface area contributed by atoms with Gasteiger partial charge in [0, 0.05) is 6.54 Å². The zero-order valence-corrected chi connectivity index (χ0v) is 16.4. The molecule has 0 saturated heterocycles. The number of carbonyl (C=O) groups is 2. The van der Waals surface area contributed by atoms with E-state index >= 15 is 0 Å². The Labute approximate surface area is 152 Å². The van der Waals surface area contributed by atoms with Crippen LogP contribution in [0.15, 0.2) is 0 Å². The molecule has 0 saturated carbocycles. The Hall–Kier alpha value is -1.34. The van der Waals surface area contributed by atoms with Gasteiger partial charge in [-0.3, -0.25) is 4.90 Å². The van der Waals surface area contributed by atoms with Crippen molar-refractivity contribution in [1.82, 2.24) is 4.98 Å². The molecule has 0 N–H and O–H groups in total. The Morgan fingerprint density at radius 1 is 1.29 bits per heavy atom. The van der Waals surface area contributed by atoms with Crippen molar-refractivity contribution in [3.63, 3.8) is 0 Å². The molecule has 1 rings (SSSR count). The summed E-state index contributed by atoms with van der Waals surface area (Å²) in [6.07, 6.45) is 1.22. The van der Waals surface area contributed by atoms with Crippen LogP contribution in [0.25, 0.3) is 0 Å². The number of halogens is 1. The predicted octanol–water partition coefficient (Wildman–Crippen LogP) is 4.60. The summed E-state index contributed by atoms with van der Waals surface area (Å²) >= 11 is 6.99. The van der Waals surface area contributed by atoms with Crippen LogP contribution in [0.5, 0.6) is 0 Å². The van der Waals surface area contributed by atoms with Crippen LogP contribution in [0.2, 0.25) is 0 Å². The van der Waals surface area contributed by atoms with Crippen molar-refractivity contribution in [3.05, 3.63) is 10.6 Å². The average molecular weight is 377 g/mol. The van der Waals surface area contributed by atoms with E-state index in [4.69, 9.17) is 21.1 Å². The molecule has 8 heteroatoms. The zero-order valence-electron chi connectivity index (χ0n) is 14.8. The van der Waals surface area contributed by atoms with Crippen molar-refractivity contribution >= 4 is 40.1 Å². The average Bonchev–Trinajstić information content (AvgIpc) is 2.90. The Balaban J connectivity index is 3.13. The molecule has 1 amide bonds. The van der Waals surface area contributed by atoms with Gasteiger partial charge >= 0.3 is 12.1 Å². The van der Waals surface area contributed by atoms with Gasteiger partial charge in [-0.25, -0.2) is 14.6 Å². The second-order valence-electron chi connectivity index (χ2n) is 6.11. The quantitative estimate of drug-likeness (QED) is 0.513. The lowest BCUT2D eigenvalue weighted by Crippen LogP contribution is -2.37. The van der Waals surface area contributed by atoms with Crippen LogP contribution in [-0.4, -0.2) is 35.8 Å². The lowest BCUT2D eigenvalue weighted by molar-refractivity contribution is 0.0528. The number of unbranched alkanes of at least 4 members (excludes halogenated alkanes) is 1. The molecule has 0 unspecified atom stereocenters. The smallest absolute Gasteiger partial charge is 0.416 e. The molecule has 1 aromatic rings. The van der Waals surface area contributed by atoms with E-state index in [9.17, 15) is 9.59 Å². The normalized spacial score (nSPS) is 11.2. The monoisotopic (exact) mass is 376 g/mol. The first-order valence-electron chi connectivity index (χ1n) is 7.96. The number of rotatable bonds is 7. The summed E-state index contributed by atoms with van der Waals surface area (Å²) in [6.45, 7) is 9.90. The number of hydrogen-bond acceptors (Lipinski definition) is 6. The van der Waals surface area contributed by atoms with Crippen molar-refractivity contribution in [2.75, 3.05) is 18.1 Å². The maximum Gasteiger partial charge on any atom is 0.416 e. The summed E-state index contributed by atoms with van der Waals surface area (Å²) in [4.78, 5) is 30.6. The third kappa shape index (κ3) is 5.94. The number of anilines is 1. The van der Waals surface area contributed by atoms with E-state index < -0.39 is 17.7 Å². The van der Waals surface area contributed by atoms with E-state index in [2.05, 4.69) is 4.98 Å². The number of alkyl halides is 1. The molecule has 1 aromatic heterocycles. The summed E-state index contributed by atoms with van der Waals surface area (Å²) in [5, 5.41) is 0.399. The molecule has 0 bridgehead atoms. The lowest BCUT2D eigenvalue weighted by Gasteiger charge is -2.25. The minimum absolute atomic E-state index is 0.0700. The number of esters is 1. The van der Waals surface area contributed by atoms with Crippen molar-refractivity contribution in [2.45, 2.75) is 58.9 Å². The molecular formula is C16H25ClN2O4S. The molecule has 0 spiro atoms. The van der Waals surface area contributed by atoms with E-state index in [-0.39, 0.29) is 12.5 Å². The fourth-order valence-electron chi connectivity index (χ4n) is 1.80. The molecule has 0 radical (unpaired) electrons. The Bertz CT molecular complexity index is 569. The topological polar surface area (TPSA) is 68.7 Å². The minimum Gasteiger partial charge on any atom is -0.462 e. The number of aromatic nitrogens is 1. The Morgan fingerprint density at radius 2 is 1.96 bits per heavy atom. The van der Waals surface area contributed by atoms with Gasteiger partial charge in [0.2, 0.25) is 0 Å². The fraction of sp³-hybridized carbons (Fsp3) is 0.688. The molecule has 0 aliphatic heterocycles. The summed E-state index contributed by atoms with van der Waals surface area (Å²) in [6, 6.07) is 0. The maximum absolute atomic E-state index is 12.5. The molecule has 0 aromatic carbocycles. The van der Waals surface area contributed by atoms with Gasteiger partial charge in [0.25, 0.3) is 0 Å². The third-order valence-corrected chi connectivity index (χ3v) is 4.21. The van der Waals surface area contributed by atoms with Crippen molar-refractivity contribution in [2.24, 2.45) is 0 Å². The SMILES string of the molecule is CCCCN(C(=O)OC(C)(C)C)c1nc(CCl)c(C(=O)OCC)s1. The summed E-state index contributed by atoms with van der Waals surface area (Å²) in [7, 11) is 0. The van der Waals surface area contributed by atoms with Crippen LogP contribution in [0.3, 0.4) is 0 Å². The fourth-order valence-corrected chi connectivity index (χ4v) is 3.06. The predicted molar refractivity (Wildman–Crippen MR) is 96.1 cm³/mol. The third-order valence-electron chi connectivity index (χ3n) is 2.85. The van der Waals surface area contributed by atoms with Crippen LogP contribution in [0, 0.1) is 0 Å². The molecule has 0 aliphatic rings. The van der Waals surface area contributed by atoms with Gasteiger partial charge in [0.15, 0.2) is 5.13 Å². The lowest BCUT2D eigenvalue weighted by atomic mass is 10.2. The Kier molecular flexibility index (Phi) is 7.96. The van der Waals surface area contributed by atoms with Gasteiger partial charge < -0.3 is 9.47 Å². The van der Waals surface area contributed by atoms with Crippen LogP contribution in [-0.2, 0) is 15.4 Å². The number of nitrogens with zero attached hydrogens (tertiary/aromatic N) is 2. The Morgan fingerprint density at radius 3 is 2.46 bits per heavy atom. The van der Waals surface area contributed by atoms with Crippen molar-refractivity contribution in [3.8, 4) is 0 Å². The number of carbonyl (C=O) groups excluding carboxylic acids is 2. The van der Waals surface area contributed by atoms with Crippen LogP contribution in [0.1, 0.15) is 62.8 Å². The van der Waals surface area contributed by atoms with Crippen molar-refractivity contribution in [1.29, 1.82) is 0 Å². The van der Waals surface area contributed by atoms with Crippen LogP contribution < -0.4 is 4.90 Å². The van der Waals surface area contributed by atoms with Crippen molar-refractivity contribution < 1.29 is 19.1 Å².